The lowest BCUT2D eigenvalue weighted by molar-refractivity contribution is 0.476. The van der Waals surface area contributed by atoms with Crippen LogP contribution in [0.5, 0.6) is 0 Å². The summed E-state index contributed by atoms with van der Waals surface area (Å²) in [5.41, 5.74) is 0. The average Bonchev–Trinajstić information content (AvgIpc) is 1.89. The Morgan fingerprint density at radius 3 is 1.09 bits per heavy atom. The minimum Gasteiger partial charge on any atom is -0.106 e. The van der Waals surface area contributed by atoms with Crippen LogP contribution in [0.4, 0.5) is 0 Å². The van der Waals surface area contributed by atoms with Gasteiger partial charge in [-0.15, -0.1) is 13.2 Å². The first kappa shape index (κ1) is 17.0. The summed E-state index contributed by atoms with van der Waals surface area (Å²) in [4.78, 5) is 0. The van der Waals surface area contributed by atoms with Gasteiger partial charge in [0.05, 0.1) is 0 Å². The van der Waals surface area contributed by atoms with Gasteiger partial charge >= 0.3 is 0 Å². The summed E-state index contributed by atoms with van der Waals surface area (Å²) in [5.74, 6) is 1.77. The summed E-state index contributed by atoms with van der Waals surface area (Å²) in [7, 11) is 0. The molecule has 11 heavy (non-hydrogen) atoms. The zero-order valence-corrected chi connectivity index (χ0v) is 7.98. The highest BCUT2D eigenvalue weighted by molar-refractivity contribution is 4.48. The molecule has 0 nitrogen and oxygen atoms in total. The van der Waals surface area contributed by atoms with E-state index < -0.39 is 0 Å². The fraction of sp³-hybridized carbons (Fsp3) is 0.818. The highest BCUT2D eigenvalue weighted by Gasteiger charge is 1.95. The van der Waals surface area contributed by atoms with E-state index in [9.17, 15) is 0 Å². The van der Waals surface area contributed by atoms with Crippen LogP contribution in [0.3, 0.4) is 0 Å². The minimum absolute atomic E-state index is 0. The summed E-state index contributed by atoms with van der Waals surface area (Å²) in [6.07, 6.45) is 2.77. The summed E-state index contributed by atoms with van der Waals surface area (Å²) >= 11 is 0. The van der Waals surface area contributed by atoms with Crippen LogP contribution in [0.25, 0.3) is 0 Å². The molecule has 0 aliphatic heterocycles. The molecule has 0 unspecified atom stereocenters. The van der Waals surface area contributed by atoms with E-state index >= 15 is 0 Å². The van der Waals surface area contributed by atoms with Gasteiger partial charge in [-0.3, -0.25) is 0 Å². The predicted octanol–water partition coefficient (Wildman–Crippen LogP) is 4.52. The summed E-state index contributed by atoms with van der Waals surface area (Å²) in [6, 6.07) is 0. The van der Waals surface area contributed by atoms with Gasteiger partial charge in [-0.25, -0.2) is 0 Å². The molecule has 0 radical (unpaired) electrons. The van der Waals surface area contributed by atoms with Crippen molar-refractivity contribution in [1.82, 2.24) is 0 Å². The van der Waals surface area contributed by atoms with Gasteiger partial charge in [-0.2, -0.15) is 0 Å². The molecule has 0 bridgehead atoms. The van der Waals surface area contributed by atoms with Gasteiger partial charge in [0.2, 0.25) is 0 Å². The fourth-order valence-electron chi connectivity index (χ4n) is 0.667. The lowest BCUT2D eigenvalue weighted by atomic mass is 10.0. The van der Waals surface area contributed by atoms with Crippen molar-refractivity contribution in [3.63, 3.8) is 0 Å². The van der Waals surface area contributed by atoms with Gasteiger partial charge in [0.25, 0.3) is 0 Å². The van der Waals surface area contributed by atoms with Crippen LogP contribution in [0.1, 0.15) is 48.0 Å². The van der Waals surface area contributed by atoms with E-state index in [-0.39, 0.29) is 7.43 Å². The van der Waals surface area contributed by atoms with Crippen molar-refractivity contribution in [2.75, 3.05) is 0 Å². The molecule has 0 aromatic heterocycles. The third-order valence-electron chi connectivity index (χ3n) is 1.32. The molecule has 0 atom stereocenters. The molecule has 0 rings (SSSR count). The molecule has 0 saturated carbocycles. The lowest BCUT2D eigenvalue weighted by Crippen LogP contribution is -1.91. The molecule has 0 heteroatoms. The van der Waals surface area contributed by atoms with Crippen LogP contribution >= 0.6 is 0 Å². The monoisotopic (exact) mass is 158 g/mol. The summed E-state index contributed by atoms with van der Waals surface area (Å²) < 4.78 is 0. The van der Waals surface area contributed by atoms with Gasteiger partial charge < -0.3 is 0 Å². The van der Waals surface area contributed by atoms with Gasteiger partial charge in [-0.1, -0.05) is 48.0 Å². The highest BCUT2D eigenvalue weighted by Crippen LogP contribution is 2.09. The predicted molar refractivity (Wildman–Crippen MR) is 56.9 cm³/mol. The lowest BCUT2D eigenvalue weighted by Gasteiger charge is -2.05. The van der Waals surface area contributed by atoms with Crippen molar-refractivity contribution in [3.05, 3.63) is 13.2 Å². The van der Waals surface area contributed by atoms with Gasteiger partial charge in [0.15, 0.2) is 0 Å². The maximum absolute atomic E-state index is 3.00. The second-order valence-corrected chi connectivity index (χ2v) is 3.37. The second kappa shape index (κ2) is 12.4. The van der Waals surface area contributed by atoms with Crippen molar-refractivity contribution in [1.29, 1.82) is 0 Å². The first-order chi connectivity index (χ1) is 4.63. The smallest absolute Gasteiger partial charge is 0.0471 e. The molecule has 70 valence electrons. The van der Waals surface area contributed by atoms with E-state index in [1.54, 1.807) is 0 Å². The van der Waals surface area contributed by atoms with Crippen molar-refractivity contribution in [3.8, 4) is 0 Å². The third kappa shape index (κ3) is 26.0. The molecule has 0 aliphatic carbocycles. The first-order valence-electron chi connectivity index (χ1n) is 4.13. The fourth-order valence-corrected chi connectivity index (χ4v) is 0.667. The van der Waals surface area contributed by atoms with E-state index in [1.807, 2.05) is 0 Å². The maximum atomic E-state index is 3.00. The van der Waals surface area contributed by atoms with Crippen LogP contribution in [-0.2, 0) is 0 Å². The standard InChI is InChI=1S/C8H18.C2H4.CH4/c1-7(2)5-6-8(3)4;1-2;/h7-8H,5-6H2,1-4H3;1-2H2;1H4. The average molecular weight is 158 g/mol. The van der Waals surface area contributed by atoms with Gasteiger partial charge in [-0.05, 0) is 11.8 Å². The molecule has 0 spiro atoms. The molecular weight excluding hydrogens is 132 g/mol. The molecule has 0 fully saturated rings. The quantitative estimate of drug-likeness (QED) is 0.530. The Kier molecular flexibility index (Phi) is 19.2. The Balaban J connectivity index is -0.000000196. The van der Waals surface area contributed by atoms with Gasteiger partial charge in [0, 0.05) is 0 Å². The normalized spacial score (nSPS) is 8.55. The van der Waals surface area contributed by atoms with Crippen molar-refractivity contribution in [2.24, 2.45) is 11.8 Å². The van der Waals surface area contributed by atoms with E-state index in [4.69, 9.17) is 0 Å². The molecule has 0 saturated heterocycles. The topological polar surface area (TPSA) is 0 Å². The first-order valence-corrected chi connectivity index (χ1v) is 4.13. The maximum Gasteiger partial charge on any atom is -0.0471 e. The summed E-state index contributed by atoms with van der Waals surface area (Å²) in [6.45, 7) is 15.1. The van der Waals surface area contributed by atoms with E-state index in [0.29, 0.717) is 0 Å². The Morgan fingerprint density at radius 2 is 1.00 bits per heavy atom. The number of hydrogen-bond acceptors (Lipinski definition) is 0. The Labute approximate surface area is 73.7 Å². The van der Waals surface area contributed by atoms with E-state index in [0.717, 1.165) is 11.8 Å². The molecular formula is C11H26. The molecule has 0 aliphatic rings. The van der Waals surface area contributed by atoms with Crippen LogP contribution in [-0.4, -0.2) is 0 Å². The Bertz CT molecular complexity index is 45.1. The van der Waals surface area contributed by atoms with Crippen molar-refractivity contribution >= 4 is 0 Å². The zero-order valence-electron chi connectivity index (χ0n) is 7.98. The van der Waals surface area contributed by atoms with Gasteiger partial charge in [0.1, 0.15) is 0 Å². The zero-order chi connectivity index (χ0) is 8.57. The Morgan fingerprint density at radius 1 is 0.818 bits per heavy atom. The number of rotatable bonds is 3. The molecule has 0 heterocycles. The molecule has 0 N–H and O–H groups in total. The number of hydrogen-bond donors (Lipinski definition) is 0. The largest absolute Gasteiger partial charge is 0.106 e. The van der Waals surface area contributed by atoms with Crippen molar-refractivity contribution < 1.29 is 0 Å². The van der Waals surface area contributed by atoms with Crippen LogP contribution in [0, 0.1) is 11.8 Å². The molecule has 0 aromatic carbocycles. The third-order valence-corrected chi connectivity index (χ3v) is 1.32. The van der Waals surface area contributed by atoms with Crippen LogP contribution in [0.2, 0.25) is 0 Å². The van der Waals surface area contributed by atoms with Crippen LogP contribution < -0.4 is 0 Å². The van der Waals surface area contributed by atoms with E-state index in [2.05, 4.69) is 40.9 Å². The van der Waals surface area contributed by atoms with E-state index in [1.165, 1.54) is 12.8 Å². The SMILES string of the molecule is C.C=C.CC(C)CCC(C)C. The molecule has 0 aromatic rings. The minimum atomic E-state index is 0. The second-order valence-electron chi connectivity index (χ2n) is 3.37. The molecule has 0 amide bonds. The summed E-state index contributed by atoms with van der Waals surface area (Å²) in [5, 5.41) is 0. The Hall–Kier alpha value is -0.260. The van der Waals surface area contributed by atoms with Crippen LogP contribution in [0.15, 0.2) is 13.2 Å². The highest BCUT2D eigenvalue weighted by atomic mass is 14.0. The van der Waals surface area contributed by atoms with Crippen molar-refractivity contribution in [2.45, 2.75) is 48.0 Å².